The van der Waals surface area contributed by atoms with Crippen molar-refractivity contribution in [1.29, 1.82) is 0 Å². The number of anilines is 1. The van der Waals surface area contributed by atoms with Crippen molar-refractivity contribution < 1.29 is 9.53 Å². The lowest BCUT2D eigenvalue weighted by molar-refractivity contribution is -0.119. The van der Waals surface area contributed by atoms with Crippen LogP contribution >= 0.6 is 0 Å². The molecule has 1 unspecified atom stereocenters. The molecule has 10 nitrogen and oxygen atoms in total. The Hall–Kier alpha value is -3.66. The lowest BCUT2D eigenvalue weighted by Crippen LogP contribution is -2.39. The second-order valence-electron chi connectivity index (χ2n) is 6.86. The largest absolute Gasteiger partial charge is 0.458 e. The summed E-state index contributed by atoms with van der Waals surface area (Å²) in [4.78, 5) is 21.1. The van der Waals surface area contributed by atoms with E-state index in [4.69, 9.17) is 16.4 Å². The van der Waals surface area contributed by atoms with Crippen LogP contribution in [0.1, 0.15) is 26.0 Å². The minimum atomic E-state index is -0.0890. The van der Waals surface area contributed by atoms with Crippen molar-refractivity contribution in [2.75, 3.05) is 12.4 Å². The number of fused-ring (bicyclic) bond motifs is 1. The van der Waals surface area contributed by atoms with Crippen molar-refractivity contribution >= 4 is 28.7 Å². The first-order valence-corrected chi connectivity index (χ1v) is 9.58. The lowest BCUT2D eigenvalue weighted by Gasteiger charge is -2.17. The Morgan fingerprint density at radius 1 is 1.27 bits per heavy atom. The van der Waals surface area contributed by atoms with Gasteiger partial charge in [-0.3, -0.25) is 9.80 Å². The van der Waals surface area contributed by atoms with Crippen LogP contribution in [0.3, 0.4) is 0 Å². The molecule has 5 N–H and O–H groups in total. The topological polar surface area (TPSA) is 137 Å². The molecule has 1 atom stereocenters. The minimum absolute atomic E-state index is 0.0698. The third-order valence-corrected chi connectivity index (χ3v) is 4.63. The molecule has 0 saturated carbocycles. The van der Waals surface area contributed by atoms with Gasteiger partial charge in [0.05, 0.1) is 16.7 Å². The first-order chi connectivity index (χ1) is 14.4. The molecule has 0 aliphatic rings. The fourth-order valence-corrected chi connectivity index (χ4v) is 2.80. The molecule has 0 fully saturated rings. The number of hydrogen-bond donors (Lipinski definition) is 3. The van der Waals surface area contributed by atoms with E-state index in [0.29, 0.717) is 17.0 Å². The van der Waals surface area contributed by atoms with Crippen LogP contribution in [0.15, 0.2) is 47.6 Å². The van der Waals surface area contributed by atoms with Gasteiger partial charge in [-0.25, -0.2) is 15.4 Å². The number of ether oxygens (including phenoxy) is 1. The summed E-state index contributed by atoms with van der Waals surface area (Å²) in [6.45, 7) is 3.96. The second-order valence-corrected chi connectivity index (χ2v) is 6.86. The van der Waals surface area contributed by atoms with E-state index in [9.17, 15) is 4.79 Å². The van der Waals surface area contributed by atoms with Crippen LogP contribution in [0, 0.1) is 5.92 Å². The smallest absolute Gasteiger partial charge is 0.304 e. The fraction of sp³-hybridized carbons (Fsp3) is 0.300. The van der Waals surface area contributed by atoms with Gasteiger partial charge in [0.1, 0.15) is 12.4 Å². The van der Waals surface area contributed by atoms with Crippen LogP contribution in [0.2, 0.25) is 0 Å². The zero-order valence-electron chi connectivity index (χ0n) is 17.2. The number of carbonyl (C=O) groups excluding carboxylic acids is 1. The van der Waals surface area contributed by atoms with Crippen LogP contribution in [-0.4, -0.2) is 38.5 Å². The number of hydrogen-bond acceptors (Lipinski definition) is 7. The second kappa shape index (κ2) is 9.23. The van der Waals surface area contributed by atoms with E-state index in [1.807, 2.05) is 38.1 Å². The van der Waals surface area contributed by atoms with Gasteiger partial charge in [0.15, 0.2) is 0 Å². The highest BCUT2D eigenvalue weighted by Crippen LogP contribution is 2.22. The van der Waals surface area contributed by atoms with Gasteiger partial charge in [0, 0.05) is 13.0 Å². The summed E-state index contributed by atoms with van der Waals surface area (Å²) in [7, 11) is 1.62. The SMILES string of the molecule is CCC(C)C(=O)Nc1cccc(COc2nc3ccccc3n2/C(=N/N)N(C)N)n1. The van der Waals surface area contributed by atoms with E-state index in [2.05, 4.69) is 20.4 Å². The summed E-state index contributed by atoms with van der Waals surface area (Å²) in [6.07, 6.45) is 0.755. The average molecular weight is 410 g/mol. The molecule has 3 rings (SSSR count). The normalized spacial score (nSPS) is 12.6. The minimum Gasteiger partial charge on any atom is -0.458 e. The number of para-hydroxylation sites is 2. The molecule has 0 aliphatic carbocycles. The van der Waals surface area contributed by atoms with Gasteiger partial charge in [0.25, 0.3) is 0 Å². The molecule has 0 aliphatic heterocycles. The highest BCUT2D eigenvalue weighted by atomic mass is 16.5. The van der Waals surface area contributed by atoms with E-state index in [-0.39, 0.29) is 30.4 Å². The predicted molar refractivity (Wildman–Crippen MR) is 115 cm³/mol. The van der Waals surface area contributed by atoms with Gasteiger partial charge in [-0.05, 0) is 30.7 Å². The van der Waals surface area contributed by atoms with E-state index < -0.39 is 0 Å². The van der Waals surface area contributed by atoms with Gasteiger partial charge in [-0.1, -0.05) is 32.0 Å². The molecule has 0 bridgehead atoms. The average Bonchev–Trinajstić information content (AvgIpc) is 3.10. The van der Waals surface area contributed by atoms with Crippen molar-refractivity contribution in [1.82, 2.24) is 19.5 Å². The number of nitrogens with zero attached hydrogens (tertiary/aromatic N) is 5. The van der Waals surface area contributed by atoms with Crippen LogP contribution in [0.5, 0.6) is 6.01 Å². The van der Waals surface area contributed by atoms with Crippen molar-refractivity contribution in [3.05, 3.63) is 48.2 Å². The molecule has 0 radical (unpaired) electrons. The van der Waals surface area contributed by atoms with E-state index >= 15 is 0 Å². The number of pyridine rings is 1. The van der Waals surface area contributed by atoms with Crippen LogP contribution in [0.25, 0.3) is 11.0 Å². The number of benzene rings is 1. The zero-order chi connectivity index (χ0) is 21.7. The first-order valence-electron chi connectivity index (χ1n) is 9.58. The van der Waals surface area contributed by atoms with Gasteiger partial charge in [-0.15, -0.1) is 5.10 Å². The maximum Gasteiger partial charge on any atom is 0.304 e. The van der Waals surface area contributed by atoms with Crippen molar-refractivity contribution in [2.24, 2.45) is 22.7 Å². The van der Waals surface area contributed by atoms with Crippen LogP contribution in [-0.2, 0) is 11.4 Å². The van der Waals surface area contributed by atoms with Gasteiger partial charge in [-0.2, -0.15) is 4.98 Å². The molecule has 30 heavy (non-hydrogen) atoms. The third kappa shape index (κ3) is 4.49. The van der Waals surface area contributed by atoms with Crippen LogP contribution in [0.4, 0.5) is 5.82 Å². The summed E-state index contributed by atoms with van der Waals surface area (Å²) in [5, 5.41) is 7.87. The number of hydrazine groups is 1. The summed E-state index contributed by atoms with van der Waals surface area (Å²) < 4.78 is 7.56. The summed E-state index contributed by atoms with van der Waals surface area (Å²) in [6, 6.07) is 13.1. The highest BCUT2D eigenvalue weighted by molar-refractivity contribution is 5.93. The quantitative estimate of drug-likeness (QED) is 0.244. The molecule has 2 aromatic heterocycles. The first kappa shape index (κ1) is 21.1. The molecule has 1 amide bonds. The summed E-state index contributed by atoms with van der Waals surface area (Å²) in [5.41, 5.74) is 2.08. The number of nitrogens with one attached hydrogen (secondary N) is 1. The Kier molecular flexibility index (Phi) is 6.48. The van der Waals surface area contributed by atoms with Crippen molar-refractivity contribution in [3.63, 3.8) is 0 Å². The van der Waals surface area contributed by atoms with E-state index in [0.717, 1.165) is 11.9 Å². The Bertz CT molecular complexity index is 1060. The predicted octanol–water partition coefficient (Wildman–Crippen LogP) is 1.88. The monoisotopic (exact) mass is 410 g/mol. The number of carbonyl (C=O) groups is 1. The highest BCUT2D eigenvalue weighted by Gasteiger charge is 2.19. The maximum absolute atomic E-state index is 12.1. The molecule has 0 spiro atoms. The molecule has 2 heterocycles. The molecule has 158 valence electrons. The molecule has 3 aromatic rings. The lowest BCUT2D eigenvalue weighted by atomic mass is 10.1. The van der Waals surface area contributed by atoms with Crippen LogP contribution < -0.4 is 21.7 Å². The fourth-order valence-electron chi connectivity index (χ4n) is 2.80. The van der Waals surface area contributed by atoms with E-state index in [1.54, 1.807) is 29.8 Å². The summed E-state index contributed by atoms with van der Waals surface area (Å²) >= 11 is 0. The van der Waals surface area contributed by atoms with E-state index in [1.165, 1.54) is 5.01 Å². The molecule has 10 heteroatoms. The standard InChI is InChI=1S/C20H26N8O2/c1-4-13(2)18(29)25-17-11-7-8-14(23-17)12-30-20-24-15-9-5-6-10-16(15)28(20)19(26-21)27(3)22/h5-11,13H,4,12,21-22H2,1-3H3,(H,23,25,29)/b26-19+. The number of aromatic nitrogens is 3. The zero-order valence-corrected chi connectivity index (χ0v) is 17.2. The molecule has 0 saturated heterocycles. The Labute approximate surface area is 174 Å². The Morgan fingerprint density at radius 2 is 2.03 bits per heavy atom. The van der Waals surface area contributed by atoms with Gasteiger partial charge in [0.2, 0.25) is 11.9 Å². The Balaban J connectivity index is 1.84. The number of hydrazone groups is 1. The van der Waals surface area contributed by atoms with Gasteiger partial charge < -0.3 is 15.9 Å². The number of imidazole rings is 1. The molecular weight excluding hydrogens is 384 g/mol. The van der Waals surface area contributed by atoms with Gasteiger partial charge >= 0.3 is 6.01 Å². The third-order valence-electron chi connectivity index (χ3n) is 4.63. The molecular formula is C20H26N8O2. The molecule has 1 aromatic carbocycles. The maximum atomic E-state index is 12.1. The van der Waals surface area contributed by atoms with Crippen molar-refractivity contribution in [3.8, 4) is 6.01 Å². The number of rotatable bonds is 6. The Morgan fingerprint density at radius 3 is 2.73 bits per heavy atom. The number of nitrogens with two attached hydrogens (primary N) is 2. The van der Waals surface area contributed by atoms with Crippen molar-refractivity contribution in [2.45, 2.75) is 26.9 Å². The summed E-state index contributed by atoms with van der Waals surface area (Å²) in [5.74, 6) is 12.0. The number of amides is 1.